The number of hydrogen-bond donors (Lipinski definition) is 0. The first kappa shape index (κ1) is 32.4. The molecule has 0 saturated carbocycles. The molecule has 0 N–H and O–H groups in total. The Balaban J connectivity index is 1.19. The molecule has 12 rings (SSSR count). The Hall–Kier alpha value is -7.89. The minimum atomic E-state index is 0.631. The van der Waals surface area contributed by atoms with Crippen molar-refractivity contribution in [1.29, 1.82) is 0 Å². The maximum Gasteiger partial charge on any atom is 0.164 e. The summed E-state index contributed by atoms with van der Waals surface area (Å²) >= 11 is 0. The van der Waals surface area contributed by atoms with Crippen LogP contribution in [0.25, 0.3) is 111 Å². The van der Waals surface area contributed by atoms with Gasteiger partial charge in [0.2, 0.25) is 0 Å². The highest BCUT2D eigenvalue weighted by atomic mass is 15.0. The zero-order chi connectivity index (χ0) is 38.2. The van der Waals surface area contributed by atoms with E-state index in [4.69, 9.17) is 15.0 Å². The highest BCUT2D eigenvalue weighted by Gasteiger charge is 2.23. The van der Waals surface area contributed by atoms with Gasteiger partial charge in [-0.1, -0.05) is 152 Å². The fraction of sp³-hybridized carbons (Fsp3) is 0. The molecule has 0 bridgehead atoms. The van der Waals surface area contributed by atoms with E-state index in [1.54, 1.807) is 0 Å². The molecule has 0 spiro atoms. The van der Waals surface area contributed by atoms with Gasteiger partial charge in [-0.05, 0) is 70.1 Å². The largest absolute Gasteiger partial charge is 0.309 e. The Kier molecular flexibility index (Phi) is 7.16. The van der Waals surface area contributed by atoms with E-state index >= 15 is 0 Å². The molecule has 0 aliphatic heterocycles. The van der Waals surface area contributed by atoms with Gasteiger partial charge in [0.05, 0.1) is 22.1 Å². The topological polar surface area (TPSA) is 48.5 Å². The molecule has 3 heterocycles. The van der Waals surface area contributed by atoms with Gasteiger partial charge >= 0.3 is 0 Å². The molecular formula is C53H33N5. The molecule has 5 heteroatoms. The lowest BCUT2D eigenvalue weighted by Gasteiger charge is -2.14. The molecule has 58 heavy (non-hydrogen) atoms. The first-order chi connectivity index (χ1) is 28.8. The number of nitrogens with zero attached hydrogens (tertiary/aromatic N) is 5. The van der Waals surface area contributed by atoms with E-state index in [0.29, 0.717) is 17.5 Å². The average molecular weight is 740 g/mol. The summed E-state index contributed by atoms with van der Waals surface area (Å²) in [5, 5.41) is 9.61. The van der Waals surface area contributed by atoms with Gasteiger partial charge in [0.1, 0.15) is 0 Å². The van der Waals surface area contributed by atoms with Crippen molar-refractivity contribution in [1.82, 2.24) is 24.1 Å². The number of rotatable bonds is 5. The van der Waals surface area contributed by atoms with Gasteiger partial charge < -0.3 is 9.13 Å². The van der Waals surface area contributed by atoms with E-state index in [2.05, 4.69) is 173 Å². The lowest BCUT2D eigenvalue weighted by atomic mass is 10.0. The summed E-state index contributed by atoms with van der Waals surface area (Å²) in [7, 11) is 0. The van der Waals surface area contributed by atoms with Crippen LogP contribution in [0.4, 0.5) is 0 Å². The average Bonchev–Trinajstić information content (AvgIpc) is 3.82. The minimum absolute atomic E-state index is 0.631. The summed E-state index contributed by atoms with van der Waals surface area (Å²) in [6.45, 7) is 0. The van der Waals surface area contributed by atoms with Crippen molar-refractivity contribution in [3.8, 4) is 45.5 Å². The predicted molar refractivity (Wildman–Crippen MR) is 240 cm³/mol. The third kappa shape index (κ3) is 4.93. The monoisotopic (exact) mass is 739 g/mol. The van der Waals surface area contributed by atoms with E-state index in [9.17, 15) is 0 Å². The van der Waals surface area contributed by atoms with Crippen LogP contribution in [0.2, 0.25) is 0 Å². The smallest absolute Gasteiger partial charge is 0.164 e. The third-order valence-corrected chi connectivity index (χ3v) is 11.5. The van der Waals surface area contributed by atoms with Gasteiger partial charge in [-0.15, -0.1) is 0 Å². The molecule has 5 nitrogen and oxygen atoms in total. The summed E-state index contributed by atoms with van der Waals surface area (Å²) in [5.41, 5.74) is 9.66. The SMILES string of the molecule is c1ccc(-c2nc(-c3ccccc3)nc(-c3cc(-n4c5ccccc5c5c6c7c8ccccc8ccc7n(-c7ccccc7)c6ccc54)cc4ccccc34)n2)cc1. The van der Waals surface area contributed by atoms with Crippen molar-refractivity contribution in [3.63, 3.8) is 0 Å². The van der Waals surface area contributed by atoms with Crippen LogP contribution in [-0.2, 0) is 0 Å². The van der Waals surface area contributed by atoms with Gasteiger partial charge in [-0.3, -0.25) is 0 Å². The third-order valence-electron chi connectivity index (χ3n) is 11.5. The summed E-state index contributed by atoms with van der Waals surface area (Å²) in [4.78, 5) is 15.4. The van der Waals surface area contributed by atoms with Crippen molar-refractivity contribution in [2.45, 2.75) is 0 Å². The lowest BCUT2D eigenvalue weighted by molar-refractivity contribution is 1.07. The van der Waals surface area contributed by atoms with E-state index in [1.165, 1.54) is 43.4 Å². The van der Waals surface area contributed by atoms with E-state index < -0.39 is 0 Å². The summed E-state index contributed by atoms with van der Waals surface area (Å²) in [6, 6.07) is 70.9. The number of benzene rings is 9. The number of aromatic nitrogens is 5. The predicted octanol–water partition coefficient (Wildman–Crippen LogP) is 13.4. The quantitative estimate of drug-likeness (QED) is 0.177. The van der Waals surface area contributed by atoms with Crippen LogP contribution >= 0.6 is 0 Å². The first-order valence-electron chi connectivity index (χ1n) is 19.6. The molecule has 3 aromatic heterocycles. The van der Waals surface area contributed by atoms with Crippen LogP contribution in [0.5, 0.6) is 0 Å². The van der Waals surface area contributed by atoms with Crippen LogP contribution in [0, 0.1) is 0 Å². The van der Waals surface area contributed by atoms with Gasteiger partial charge in [0.15, 0.2) is 17.5 Å². The van der Waals surface area contributed by atoms with Crippen LogP contribution in [0.3, 0.4) is 0 Å². The molecule has 12 aromatic rings. The van der Waals surface area contributed by atoms with Gasteiger partial charge in [-0.2, -0.15) is 0 Å². The van der Waals surface area contributed by atoms with Gasteiger partial charge in [0, 0.05) is 49.6 Å². The normalized spacial score (nSPS) is 11.8. The van der Waals surface area contributed by atoms with E-state index in [0.717, 1.165) is 49.9 Å². The fourth-order valence-electron chi connectivity index (χ4n) is 9.00. The van der Waals surface area contributed by atoms with Crippen molar-refractivity contribution in [2.75, 3.05) is 0 Å². The molecule has 0 aliphatic carbocycles. The molecule has 0 unspecified atom stereocenters. The molecule has 0 fully saturated rings. The van der Waals surface area contributed by atoms with Crippen LogP contribution in [-0.4, -0.2) is 24.1 Å². The molecule has 0 atom stereocenters. The van der Waals surface area contributed by atoms with E-state index in [1.807, 2.05) is 36.4 Å². The van der Waals surface area contributed by atoms with Crippen molar-refractivity contribution >= 4 is 65.2 Å². The van der Waals surface area contributed by atoms with Crippen LogP contribution in [0.1, 0.15) is 0 Å². The van der Waals surface area contributed by atoms with Crippen molar-refractivity contribution in [2.24, 2.45) is 0 Å². The molecular weight excluding hydrogens is 707 g/mol. The molecule has 270 valence electrons. The van der Waals surface area contributed by atoms with Crippen molar-refractivity contribution in [3.05, 3.63) is 200 Å². The second-order valence-corrected chi connectivity index (χ2v) is 14.8. The second kappa shape index (κ2) is 12.8. The van der Waals surface area contributed by atoms with E-state index in [-0.39, 0.29) is 0 Å². The van der Waals surface area contributed by atoms with Crippen LogP contribution in [0.15, 0.2) is 200 Å². The maximum atomic E-state index is 5.20. The highest BCUT2D eigenvalue weighted by Crippen LogP contribution is 2.45. The minimum Gasteiger partial charge on any atom is -0.309 e. The number of para-hydroxylation sites is 2. The number of fused-ring (bicyclic) bond motifs is 10. The Bertz CT molecular complexity index is 3490. The summed E-state index contributed by atoms with van der Waals surface area (Å²) in [5.74, 6) is 1.91. The standard InChI is InChI=1S/C53H33N5/c1-4-17-35(18-5-1)51-54-52(36-19-6-2-7-20-36)56-53(55-51)43-33-39(32-37-21-11-12-24-40(37)43)58-44-27-15-14-26-42(44)49-46(58)30-31-47-50(49)48-41-25-13-10-16-34(41)28-29-45(48)57(47)38-22-8-3-9-23-38/h1-33H. The zero-order valence-corrected chi connectivity index (χ0v) is 31.3. The van der Waals surface area contributed by atoms with Crippen molar-refractivity contribution < 1.29 is 0 Å². The lowest BCUT2D eigenvalue weighted by Crippen LogP contribution is -2.02. The fourth-order valence-corrected chi connectivity index (χ4v) is 9.00. The molecule has 0 amide bonds. The van der Waals surface area contributed by atoms with Gasteiger partial charge in [-0.25, -0.2) is 15.0 Å². The molecule has 0 saturated heterocycles. The molecule has 0 aliphatic rings. The summed E-state index contributed by atoms with van der Waals surface area (Å²) < 4.78 is 4.85. The van der Waals surface area contributed by atoms with Gasteiger partial charge in [0.25, 0.3) is 0 Å². The Labute approximate surface area is 333 Å². The second-order valence-electron chi connectivity index (χ2n) is 14.8. The first-order valence-corrected chi connectivity index (χ1v) is 19.6. The molecule has 9 aromatic carbocycles. The Morgan fingerprint density at radius 3 is 1.47 bits per heavy atom. The number of hydrogen-bond acceptors (Lipinski definition) is 3. The van der Waals surface area contributed by atoms with Crippen LogP contribution < -0.4 is 0 Å². The zero-order valence-electron chi connectivity index (χ0n) is 31.3. The Morgan fingerprint density at radius 2 is 0.776 bits per heavy atom. The summed E-state index contributed by atoms with van der Waals surface area (Å²) in [6.07, 6.45) is 0. The molecule has 0 radical (unpaired) electrons. The Morgan fingerprint density at radius 1 is 0.293 bits per heavy atom. The highest BCUT2D eigenvalue weighted by molar-refractivity contribution is 6.33. The maximum absolute atomic E-state index is 5.20.